The van der Waals surface area contributed by atoms with E-state index in [2.05, 4.69) is 98.1 Å². The van der Waals surface area contributed by atoms with Gasteiger partial charge in [0, 0.05) is 21.3 Å². The van der Waals surface area contributed by atoms with Crippen LogP contribution in [0, 0.1) is 0 Å². The minimum absolute atomic E-state index is 0.895. The Bertz CT molecular complexity index is 778. The molecule has 0 aliphatic rings. The number of rotatable bonds is 8. The number of hydrogen-bond donors (Lipinski definition) is 2. The predicted molar refractivity (Wildman–Crippen MR) is 126 cm³/mol. The van der Waals surface area contributed by atoms with Crippen molar-refractivity contribution in [2.24, 2.45) is 0 Å². The molecule has 0 fully saturated rings. The maximum atomic E-state index is 4.30. The second-order valence-corrected chi connectivity index (χ2v) is 9.01. The minimum Gasteiger partial charge on any atom is -0.178 e. The van der Waals surface area contributed by atoms with E-state index in [4.69, 9.17) is 0 Å². The smallest absolute Gasteiger partial charge is 0.00784 e. The van der Waals surface area contributed by atoms with E-state index in [-0.39, 0.29) is 0 Å². The summed E-state index contributed by atoms with van der Waals surface area (Å²) in [6.45, 7) is 0. The first-order valence-electron chi connectivity index (χ1n) is 8.58. The van der Waals surface area contributed by atoms with Crippen molar-refractivity contribution in [3.8, 4) is 22.3 Å². The number of benzene rings is 3. The quantitative estimate of drug-likeness (QED) is 0.299. The molecule has 0 atom stereocenters. The maximum absolute atomic E-state index is 4.30. The molecular weight excluding hydrogens is 393 g/mol. The van der Waals surface area contributed by atoms with Crippen LogP contribution in [0.15, 0.2) is 82.6 Å². The van der Waals surface area contributed by atoms with Crippen LogP contribution in [0.4, 0.5) is 0 Å². The van der Waals surface area contributed by atoms with E-state index in [0.717, 1.165) is 23.0 Å². The average Bonchev–Trinajstić information content (AvgIpc) is 2.71. The molecule has 0 N–H and O–H groups in total. The molecule has 0 bridgehead atoms. The maximum Gasteiger partial charge on any atom is 0.00784 e. The Balaban J connectivity index is 1.87. The Labute approximate surface area is 176 Å². The van der Waals surface area contributed by atoms with Gasteiger partial charge in [0.05, 0.1) is 0 Å². The molecule has 0 spiro atoms. The lowest BCUT2D eigenvalue weighted by Crippen LogP contribution is -1.85. The van der Waals surface area contributed by atoms with Crippen LogP contribution in [0.1, 0.15) is 0 Å². The normalized spacial score (nSPS) is 10.8. The van der Waals surface area contributed by atoms with E-state index in [9.17, 15) is 0 Å². The highest BCUT2D eigenvalue weighted by atomic mass is 32.2. The monoisotopic (exact) mass is 414 g/mol. The summed E-state index contributed by atoms with van der Waals surface area (Å²) in [5, 5.41) is 0. The molecule has 0 aliphatic heterocycles. The van der Waals surface area contributed by atoms with Crippen molar-refractivity contribution in [3.05, 3.63) is 72.8 Å². The highest BCUT2D eigenvalue weighted by molar-refractivity contribution is 8.00. The van der Waals surface area contributed by atoms with Gasteiger partial charge in [0.2, 0.25) is 0 Å². The molecule has 0 nitrogen and oxygen atoms in total. The van der Waals surface area contributed by atoms with Gasteiger partial charge in [-0.1, -0.05) is 42.5 Å². The Morgan fingerprint density at radius 1 is 0.538 bits per heavy atom. The fourth-order valence-electron chi connectivity index (χ4n) is 2.74. The summed E-state index contributed by atoms with van der Waals surface area (Å²) < 4.78 is 0. The first-order valence-corrected chi connectivity index (χ1v) is 11.8. The molecule has 0 amide bonds. The summed E-state index contributed by atoms with van der Waals surface area (Å²) in [6, 6.07) is 26.3. The number of thiol groups is 2. The second-order valence-electron chi connectivity index (χ2n) is 5.78. The lowest BCUT2D eigenvalue weighted by Gasteiger charge is -2.09. The van der Waals surface area contributed by atoms with Crippen molar-refractivity contribution >= 4 is 48.8 Å². The Hall–Kier alpha value is -0.940. The van der Waals surface area contributed by atoms with Gasteiger partial charge in [0.15, 0.2) is 0 Å². The second kappa shape index (κ2) is 10.4. The van der Waals surface area contributed by atoms with E-state index < -0.39 is 0 Å². The molecule has 3 rings (SSSR count). The molecule has 3 aromatic carbocycles. The zero-order valence-electron chi connectivity index (χ0n) is 14.5. The van der Waals surface area contributed by atoms with Crippen LogP contribution in [0.2, 0.25) is 0 Å². The largest absolute Gasteiger partial charge is 0.178 e. The van der Waals surface area contributed by atoms with Crippen molar-refractivity contribution in [1.82, 2.24) is 0 Å². The molecule has 4 heteroatoms. The number of hydrogen-bond acceptors (Lipinski definition) is 4. The first-order chi connectivity index (χ1) is 12.8. The molecule has 0 radical (unpaired) electrons. The van der Waals surface area contributed by atoms with Gasteiger partial charge in [0.1, 0.15) is 0 Å². The third-order valence-corrected chi connectivity index (χ3v) is 6.96. The highest BCUT2D eigenvalue weighted by Crippen LogP contribution is 2.31. The summed E-state index contributed by atoms with van der Waals surface area (Å²) in [5.74, 6) is 3.85. The van der Waals surface area contributed by atoms with Crippen LogP contribution in [0.25, 0.3) is 22.3 Å². The van der Waals surface area contributed by atoms with Crippen LogP contribution in [0.3, 0.4) is 0 Å². The van der Waals surface area contributed by atoms with Gasteiger partial charge in [-0.2, -0.15) is 25.3 Å². The Morgan fingerprint density at radius 2 is 0.923 bits per heavy atom. The van der Waals surface area contributed by atoms with Crippen molar-refractivity contribution in [2.45, 2.75) is 9.79 Å². The topological polar surface area (TPSA) is 0 Å². The summed E-state index contributed by atoms with van der Waals surface area (Å²) in [7, 11) is 0. The molecule has 0 saturated heterocycles. The third kappa shape index (κ3) is 5.53. The standard InChI is InChI=1S/C22H22S4/c23-10-12-25-21-8-2-6-19(15-21)17-4-1-5-18(14-17)20-7-3-9-22(16-20)26-13-11-24/h1-9,14-16,23-24H,10-13H2. The summed E-state index contributed by atoms with van der Waals surface area (Å²) in [4.78, 5) is 2.60. The van der Waals surface area contributed by atoms with Gasteiger partial charge in [-0.3, -0.25) is 0 Å². The molecule has 0 aliphatic carbocycles. The van der Waals surface area contributed by atoms with Gasteiger partial charge in [0.25, 0.3) is 0 Å². The van der Waals surface area contributed by atoms with E-state index >= 15 is 0 Å². The highest BCUT2D eigenvalue weighted by Gasteiger charge is 2.04. The van der Waals surface area contributed by atoms with E-state index in [0.29, 0.717) is 0 Å². The van der Waals surface area contributed by atoms with Crippen LogP contribution in [0.5, 0.6) is 0 Å². The van der Waals surface area contributed by atoms with Crippen LogP contribution in [-0.4, -0.2) is 23.0 Å². The van der Waals surface area contributed by atoms with Gasteiger partial charge in [-0.25, -0.2) is 0 Å². The average molecular weight is 415 g/mol. The molecule has 26 heavy (non-hydrogen) atoms. The third-order valence-electron chi connectivity index (χ3n) is 3.92. The van der Waals surface area contributed by atoms with Gasteiger partial charge in [-0.05, 0) is 64.1 Å². The Kier molecular flexibility index (Phi) is 7.93. The van der Waals surface area contributed by atoms with Crippen molar-refractivity contribution in [2.75, 3.05) is 23.0 Å². The van der Waals surface area contributed by atoms with Crippen LogP contribution in [-0.2, 0) is 0 Å². The molecule has 0 saturated carbocycles. The number of thioether (sulfide) groups is 2. The molecule has 3 aromatic rings. The van der Waals surface area contributed by atoms with E-state index in [1.807, 2.05) is 23.5 Å². The van der Waals surface area contributed by atoms with E-state index in [1.165, 1.54) is 32.0 Å². The molecule has 0 aromatic heterocycles. The summed E-state index contributed by atoms with van der Waals surface area (Å²) in [5.41, 5.74) is 5.03. The molecule has 134 valence electrons. The van der Waals surface area contributed by atoms with Crippen LogP contribution >= 0.6 is 48.8 Å². The summed E-state index contributed by atoms with van der Waals surface area (Å²) >= 11 is 12.3. The molecule has 0 heterocycles. The van der Waals surface area contributed by atoms with Gasteiger partial charge >= 0.3 is 0 Å². The molecular formula is C22H22S4. The summed E-state index contributed by atoms with van der Waals surface area (Å²) in [6.07, 6.45) is 0. The SMILES string of the molecule is SCCSc1cccc(-c2cccc(-c3cccc(SCCS)c3)c2)c1. The first kappa shape index (κ1) is 19.8. The zero-order chi connectivity index (χ0) is 18.2. The van der Waals surface area contributed by atoms with Crippen molar-refractivity contribution in [1.29, 1.82) is 0 Å². The lowest BCUT2D eigenvalue weighted by molar-refractivity contribution is 1.42. The molecule has 0 unspecified atom stereocenters. The van der Waals surface area contributed by atoms with E-state index in [1.54, 1.807) is 0 Å². The van der Waals surface area contributed by atoms with Crippen LogP contribution < -0.4 is 0 Å². The Morgan fingerprint density at radius 3 is 1.35 bits per heavy atom. The lowest BCUT2D eigenvalue weighted by atomic mass is 9.99. The predicted octanol–water partition coefficient (Wildman–Crippen LogP) is 7.06. The minimum atomic E-state index is 0.895. The van der Waals surface area contributed by atoms with Crippen molar-refractivity contribution < 1.29 is 0 Å². The fraction of sp³-hybridized carbons (Fsp3) is 0.182. The zero-order valence-corrected chi connectivity index (χ0v) is 17.9. The van der Waals surface area contributed by atoms with Gasteiger partial charge < -0.3 is 0 Å². The van der Waals surface area contributed by atoms with Gasteiger partial charge in [-0.15, -0.1) is 23.5 Å². The fourth-order valence-corrected chi connectivity index (χ4v) is 4.71. The van der Waals surface area contributed by atoms with Crippen molar-refractivity contribution in [3.63, 3.8) is 0 Å².